The summed E-state index contributed by atoms with van der Waals surface area (Å²) in [4.78, 5) is 12.0. The lowest BCUT2D eigenvalue weighted by Gasteiger charge is -2.01. The molecule has 4 nitrogen and oxygen atoms in total. The van der Waals surface area contributed by atoms with E-state index < -0.39 is 0 Å². The van der Waals surface area contributed by atoms with Crippen molar-refractivity contribution in [3.05, 3.63) is 74.7 Å². The summed E-state index contributed by atoms with van der Waals surface area (Å²) < 4.78 is 0. The van der Waals surface area contributed by atoms with Crippen LogP contribution in [-0.4, -0.2) is 16.1 Å². The third-order valence-electron chi connectivity index (χ3n) is 3.54. The molecule has 0 saturated heterocycles. The second-order valence-electron chi connectivity index (χ2n) is 5.46. The third-order valence-corrected chi connectivity index (χ3v) is 5.11. The van der Waals surface area contributed by atoms with Crippen LogP contribution in [0.1, 0.15) is 22.6 Å². The molecule has 0 radical (unpaired) electrons. The van der Waals surface area contributed by atoms with Crippen LogP contribution >= 0.6 is 34.5 Å². The summed E-state index contributed by atoms with van der Waals surface area (Å²) in [6.07, 6.45) is 1.70. The van der Waals surface area contributed by atoms with Gasteiger partial charge in [0.05, 0.1) is 10.0 Å². The van der Waals surface area contributed by atoms with E-state index in [4.69, 9.17) is 23.2 Å². The molecule has 128 valence electrons. The zero-order chi connectivity index (χ0) is 17.6. The number of nitrogens with one attached hydrogen (secondary N) is 1. The first-order valence-corrected chi connectivity index (χ1v) is 9.27. The number of carbonyl (C=O) groups is 1. The number of aromatic nitrogens is 2. The molecular weight excluding hydrogens is 377 g/mol. The Morgan fingerprint density at radius 1 is 1.00 bits per heavy atom. The number of aryl methyl sites for hydroxylation is 1. The summed E-state index contributed by atoms with van der Waals surface area (Å²) in [6, 6.07) is 15.4. The van der Waals surface area contributed by atoms with Gasteiger partial charge >= 0.3 is 0 Å². The van der Waals surface area contributed by atoms with Crippen molar-refractivity contribution in [3.63, 3.8) is 0 Å². The topological polar surface area (TPSA) is 54.9 Å². The van der Waals surface area contributed by atoms with Crippen molar-refractivity contribution in [3.8, 4) is 0 Å². The van der Waals surface area contributed by atoms with E-state index in [-0.39, 0.29) is 5.91 Å². The van der Waals surface area contributed by atoms with Gasteiger partial charge in [-0.05, 0) is 29.7 Å². The van der Waals surface area contributed by atoms with Crippen LogP contribution in [0.25, 0.3) is 0 Å². The zero-order valence-electron chi connectivity index (χ0n) is 13.2. The van der Waals surface area contributed by atoms with Crippen molar-refractivity contribution in [2.45, 2.75) is 19.3 Å². The number of anilines is 1. The van der Waals surface area contributed by atoms with Crippen LogP contribution in [0.5, 0.6) is 0 Å². The van der Waals surface area contributed by atoms with Gasteiger partial charge in [-0.15, -0.1) is 10.2 Å². The minimum atomic E-state index is -0.0684. The van der Waals surface area contributed by atoms with E-state index in [1.807, 2.05) is 42.5 Å². The molecule has 1 amide bonds. The third kappa shape index (κ3) is 5.26. The maximum Gasteiger partial charge on any atom is 0.226 e. The molecule has 0 unspecified atom stereocenters. The average molecular weight is 392 g/mol. The van der Waals surface area contributed by atoms with Crippen LogP contribution in [-0.2, 0) is 17.6 Å². The van der Waals surface area contributed by atoms with Crippen molar-refractivity contribution >= 4 is 45.6 Å². The lowest BCUT2D eigenvalue weighted by molar-refractivity contribution is -0.116. The minimum Gasteiger partial charge on any atom is -0.301 e. The van der Waals surface area contributed by atoms with E-state index in [0.717, 1.165) is 16.1 Å². The molecule has 2 aromatic carbocycles. The molecule has 0 saturated carbocycles. The van der Waals surface area contributed by atoms with E-state index in [1.165, 1.54) is 11.3 Å². The number of amides is 1. The molecule has 0 aliphatic carbocycles. The Kier molecular flexibility index (Phi) is 6.02. The van der Waals surface area contributed by atoms with Gasteiger partial charge in [0.1, 0.15) is 5.01 Å². The summed E-state index contributed by atoms with van der Waals surface area (Å²) in [5.74, 6) is -0.0684. The van der Waals surface area contributed by atoms with Crippen molar-refractivity contribution < 1.29 is 4.79 Å². The molecule has 0 spiro atoms. The number of hydrogen-bond donors (Lipinski definition) is 1. The largest absolute Gasteiger partial charge is 0.301 e. The van der Waals surface area contributed by atoms with E-state index in [1.54, 1.807) is 6.07 Å². The first-order chi connectivity index (χ1) is 12.1. The Morgan fingerprint density at radius 3 is 2.56 bits per heavy atom. The van der Waals surface area contributed by atoms with Crippen LogP contribution < -0.4 is 5.32 Å². The molecule has 0 aliphatic rings. The Balaban J connectivity index is 1.54. The predicted molar refractivity (Wildman–Crippen MR) is 103 cm³/mol. The van der Waals surface area contributed by atoms with Gasteiger partial charge in [0, 0.05) is 12.8 Å². The maximum absolute atomic E-state index is 12.0. The van der Waals surface area contributed by atoms with Crippen LogP contribution in [0.4, 0.5) is 5.13 Å². The van der Waals surface area contributed by atoms with Gasteiger partial charge in [-0.3, -0.25) is 4.79 Å². The smallest absolute Gasteiger partial charge is 0.226 e. The highest BCUT2D eigenvalue weighted by Crippen LogP contribution is 2.25. The fraction of sp³-hybridized carbons (Fsp3) is 0.167. The SMILES string of the molecule is O=C(CCc1ccccc1)Nc1nnc(Cc2ccc(Cl)c(Cl)c2)s1. The van der Waals surface area contributed by atoms with Gasteiger partial charge in [-0.2, -0.15) is 0 Å². The summed E-state index contributed by atoms with van der Waals surface area (Å²) in [6.45, 7) is 0. The molecule has 0 atom stereocenters. The lowest BCUT2D eigenvalue weighted by Crippen LogP contribution is -2.12. The van der Waals surface area contributed by atoms with Gasteiger partial charge in [-0.25, -0.2) is 0 Å². The van der Waals surface area contributed by atoms with Crippen LogP contribution in [0.15, 0.2) is 48.5 Å². The van der Waals surface area contributed by atoms with E-state index in [0.29, 0.717) is 34.4 Å². The number of hydrogen-bond acceptors (Lipinski definition) is 4. The highest BCUT2D eigenvalue weighted by atomic mass is 35.5. The Labute approximate surface area is 159 Å². The standard InChI is InChI=1S/C18H15Cl2N3OS/c19-14-8-6-13(10-15(14)20)11-17-22-23-18(25-17)21-16(24)9-7-12-4-2-1-3-5-12/h1-6,8,10H,7,9,11H2,(H,21,23,24). The molecule has 0 fully saturated rings. The number of benzene rings is 2. The van der Waals surface area contributed by atoms with Crippen LogP contribution in [0.3, 0.4) is 0 Å². The minimum absolute atomic E-state index is 0.0684. The first-order valence-electron chi connectivity index (χ1n) is 7.70. The van der Waals surface area contributed by atoms with Crippen LogP contribution in [0, 0.1) is 0 Å². The van der Waals surface area contributed by atoms with Gasteiger partial charge in [0.2, 0.25) is 11.0 Å². The monoisotopic (exact) mass is 391 g/mol. The van der Waals surface area contributed by atoms with Gasteiger partial charge in [0.25, 0.3) is 0 Å². The van der Waals surface area contributed by atoms with Gasteiger partial charge in [-0.1, -0.05) is 70.9 Å². The molecular formula is C18H15Cl2N3OS. The van der Waals surface area contributed by atoms with Crippen LogP contribution in [0.2, 0.25) is 10.0 Å². The zero-order valence-corrected chi connectivity index (χ0v) is 15.5. The fourth-order valence-corrected chi connectivity index (χ4v) is 3.39. The fourth-order valence-electron chi connectivity index (χ4n) is 2.28. The Bertz CT molecular complexity index is 868. The van der Waals surface area contributed by atoms with Crippen molar-refractivity contribution in [2.24, 2.45) is 0 Å². The average Bonchev–Trinajstić information content (AvgIpc) is 3.04. The molecule has 0 bridgehead atoms. The second-order valence-corrected chi connectivity index (χ2v) is 7.34. The molecule has 3 rings (SSSR count). The number of halogens is 2. The lowest BCUT2D eigenvalue weighted by atomic mass is 10.1. The highest BCUT2D eigenvalue weighted by Gasteiger charge is 2.10. The Morgan fingerprint density at radius 2 is 1.80 bits per heavy atom. The summed E-state index contributed by atoms with van der Waals surface area (Å²) in [5.41, 5.74) is 2.13. The van der Waals surface area contributed by atoms with E-state index in [2.05, 4.69) is 15.5 Å². The van der Waals surface area contributed by atoms with Gasteiger partial charge in [0.15, 0.2) is 0 Å². The molecule has 3 aromatic rings. The molecule has 1 aromatic heterocycles. The maximum atomic E-state index is 12.0. The van der Waals surface area contributed by atoms with E-state index >= 15 is 0 Å². The second kappa shape index (κ2) is 8.43. The van der Waals surface area contributed by atoms with Crippen molar-refractivity contribution in [1.29, 1.82) is 0 Å². The molecule has 0 aliphatic heterocycles. The van der Waals surface area contributed by atoms with Crippen molar-refractivity contribution in [1.82, 2.24) is 10.2 Å². The summed E-state index contributed by atoms with van der Waals surface area (Å²) >= 11 is 13.3. The molecule has 7 heteroatoms. The normalized spacial score (nSPS) is 10.6. The first kappa shape index (κ1) is 17.9. The van der Waals surface area contributed by atoms with Crippen molar-refractivity contribution in [2.75, 3.05) is 5.32 Å². The number of rotatable bonds is 6. The quantitative estimate of drug-likeness (QED) is 0.642. The number of nitrogens with zero attached hydrogens (tertiary/aromatic N) is 2. The Hall–Kier alpha value is -1.95. The number of carbonyl (C=O) groups excluding carboxylic acids is 1. The molecule has 1 N–H and O–H groups in total. The van der Waals surface area contributed by atoms with E-state index in [9.17, 15) is 4.79 Å². The highest BCUT2D eigenvalue weighted by molar-refractivity contribution is 7.15. The summed E-state index contributed by atoms with van der Waals surface area (Å²) in [7, 11) is 0. The molecule has 1 heterocycles. The molecule has 25 heavy (non-hydrogen) atoms. The van der Waals surface area contributed by atoms with Gasteiger partial charge < -0.3 is 5.32 Å². The predicted octanol–water partition coefficient (Wildman–Crippen LogP) is 5.01. The summed E-state index contributed by atoms with van der Waals surface area (Å²) in [5, 5.41) is 13.3.